The lowest BCUT2D eigenvalue weighted by Gasteiger charge is -2.23. The Morgan fingerprint density at radius 3 is 2.43 bits per heavy atom. The van der Waals surface area contributed by atoms with Crippen LogP contribution in [0.1, 0.15) is 21.5 Å². The number of benzene rings is 3. The van der Waals surface area contributed by atoms with Crippen molar-refractivity contribution in [3.8, 4) is 0 Å². The van der Waals surface area contributed by atoms with Gasteiger partial charge in [-0.2, -0.15) is 0 Å². The molecule has 0 aliphatic carbocycles. The summed E-state index contributed by atoms with van der Waals surface area (Å²) in [4.78, 5) is 10.9. The molecule has 0 heterocycles. The van der Waals surface area contributed by atoms with E-state index in [1.54, 1.807) is 29.3 Å². The molecule has 0 aliphatic rings. The van der Waals surface area contributed by atoms with Crippen LogP contribution in [0.15, 0.2) is 60.7 Å². The van der Waals surface area contributed by atoms with Crippen LogP contribution in [-0.4, -0.2) is 11.1 Å². The molecule has 4 nitrogen and oxygen atoms in total. The summed E-state index contributed by atoms with van der Waals surface area (Å²) < 4.78 is 0. The van der Waals surface area contributed by atoms with Gasteiger partial charge in [0, 0.05) is 5.39 Å². The van der Waals surface area contributed by atoms with Crippen molar-refractivity contribution in [2.75, 3.05) is 5.01 Å². The molecule has 0 atom stereocenters. The molecule has 0 spiro atoms. The minimum absolute atomic E-state index is 0.277. The summed E-state index contributed by atoms with van der Waals surface area (Å²) in [5, 5.41) is 12.9. The number of nitrogens with two attached hydrogens (primary N) is 1. The van der Waals surface area contributed by atoms with Crippen LogP contribution in [0.2, 0.25) is 0 Å². The van der Waals surface area contributed by atoms with Crippen LogP contribution in [0.3, 0.4) is 0 Å². The number of rotatable bonds is 4. The van der Waals surface area contributed by atoms with E-state index in [1.807, 2.05) is 19.1 Å². The van der Waals surface area contributed by atoms with E-state index in [-0.39, 0.29) is 5.56 Å². The third kappa shape index (κ3) is 3.03. The van der Waals surface area contributed by atoms with Gasteiger partial charge in [-0.1, -0.05) is 48.5 Å². The van der Waals surface area contributed by atoms with Gasteiger partial charge in [-0.25, -0.2) is 10.6 Å². The number of fused-ring (bicyclic) bond motifs is 1. The molecule has 3 aromatic carbocycles. The number of hydrazine groups is 1. The lowest BCUT2D eigenvalue weighted by Crippen LogP contribution is -2.31. The van der Waals surface area contributed by atoms with Gasteiger partial charge in [-0.05, 0) is 35.6 Å². The SMILES string of the molecule is Cc1ccc2ccccc2c1N(N)Cc1ccc(C(=O)O)cc1. The highest BCUT2D eigenvalue weighted by atomic mass is 16.4. The van der Waals surface area contributed by atoms with E-state index in [9.17, 15) is 4.79 Å². The van der Waals surface area contributed by atoms with Gasteiger partial charge in [0.1, 0.15) is 0 Å². The summed E-state index contributed by atoms with van der Waals surface area (Å²) in [5.74, 6) is 5.38. The summed E-state index contributed by atoms with van der Waals surface area (Å²) in [7, 11) is 0. The number of nitrogens with zero attached hydrogens (tertiary/aromatic N) is 1. The van der Waals surface area contributed by atoms with Gasteiger partial charge < -0.3 is 10.1 Å². The summed E-state index contributed by atoms with van der Waals surface area (Å²) in [6, 6.07) is 19.1. The smallest absolute Gasteiger partial charge is 0.335 e. The molecular formula is C19H18N2O2. The van der Waals surface area contributed by atoms with Gasteiger partial charge in [0.15, 0.2) is 0 Å². The van der Waals surface area contributed by atoms with Gasteiger partial charge in [0.05, 0.1) is 17.8 Å². The predicted octanol–water partition coefficient (Wildman–Crippen LogP) is 3.73. The lowest BCUT2D eigenvalue weighted by atomic mass is 10.0. The monoisotopic (exact) mass is 306 g/mol. The zero-order valence-electron chi connectivity index (χ0n) is 12.9. The minimum atomic E-state index is -0.925. The summed E-state index contributed by atoms with van der Waals surface area (Å²) in [6.45, 7) is 2.55. The zero-order valence-corrected chi connectivity index (χ0v) is 12.9. The first-order chi connectivity index (χ1) is 11.1. The summed E-state index contributed by atoms with van der Waals surface area (Å²) in [5.41, 5.74) is 3.34. The Kier molecular flexibility index (Phi) is 4.00. The Balaban J connectivity index is 1.93. The molecule has 0 aromatic heterocycles. The number of anilines is 1. The van der Waals surface area contributed by atoms with Crippen LogP contribution < -0.4 is 10.9 Å². The molecular weight excluding hydrogens is 288 g/mol. The first-order valence-electron chi connectivity index (χ1n) is 7.39. The average Bonchev–Trinajstić information content (AvgIpc) is 2.55. The second-order valence-electron chi connectivity index (χ2n) is 5.58. The maximum Gasteiger partial charge on any atom is 0.335 e. The Bertz CT molecular complexity index is 857. The van der Waals surface area contributed by atoms with Crippen molar-refractivity contribution in [3.05, 3.63) is 77.4 Å². The molecule has 0 amide bonds. The van der Waals surface area contributed by atoms with Crippen LogP contribution in [0.25, 0.3) is 10.8 Å². The third-order valence-corrected chi connectivity index (χ3v) is 3.94. The standard InChI is InChI=1S/C19H18N2O2/c1-13-6-9-15-4-2-3-5-17(15)18(13)21(20)12-14-7-10-16(11-8-14)19(22)23/h2-11H,12,20H2,1H3,(H,22,23). The van der Waals surface area contributed by atoms with Gasteiger partial charge in [-0.15, -0.1) is 0 Å². The number of carboxylic acids is 1. The molecule has 3 N–H and O–H groups in total. The second-order valence-corrected chi connectivity index (χ2v) is 5.58. The van der Waals surface area contributed by atoms with Crippen LogP contribution in [-0.2, 0) is 6.54 Å². The van der Waals surface area contributed by atoms with Crippen LogP contribution in [0.4, 0.5) is 5.69 Å². The topological polar surface area (TPSA) is 66.6 Å². The predicted molar refractivity (Wildman–Crippen MR) is 92.5 cm³/mol. The highest BCUT2D eigenvalue weighted by Crippen LogP contribution is 2.29. The molecule has 0 unspecified atom stereocenters. The Labute approximate surface area is 134 Å². The highest BCUT2D eigenvalue weighted by Gasteiger charge is 2.11. The molecule has 116 valence electrons. The van der Waals surface area contributed by atoms with Gasteiger partial charge in [0.2, 0.25) is 0 Å². The number of carbonyl (C=O) groups is 1. The van der Waals surface area contributed by atoms with E-state index in [0.29, 0.717) is 6.54 Å². The molecule has 0 bridgehead atoms. The van der Waals surface area contributed by atoms with Crippen molar-refractivity contribution in [3.63, 3.8) is 0 Å². The second kappa shape index (κ2) is 6.10. The summed E-state index contributed by atoms with van der Waals surface area (Å²) in [6.07, 6.45) is 0. The molecule has 3 aromatic rings. The third-order valence-electron chi connectivity index (χ3n) is 3.94. The van der Waals surface area contributed by atoms with E-state index in [4.69, 9.17) is 10.9 Å². The average molecular weight is 306 g/mol. The normalized spacial score (nSPS) is 10.7. The molecule has 0 fully saturated rings. The largest absolute Gasteiger partial charge is 0.478 e. The fourth-order valence-electron chi connectivity index (χ4n) is 2.77. The Hall–Kier alpha value is -2.85. The van der Waals surface area contributed by atoms with Crippen molar-refractivity contribution in [2.45, 2.75) is 13.5 Å². The molecule has 3 rings (SSSR count). The van der Waals surface area contributed by atoms with E-state index in [0.717, 1.165) is 27.6 Å². The van der Waals surface area contributed by atoms with E-state index < -0.39 is 5.97 Å². The van der Waals surface area contributed by atoms with Crippen LogP contribution in [0.5, 0.6) is 0 Å². The molecule has 0 radical (unpaired) electrons. The molecule has 0 aliphatic heterocycles. The van der Waals surface area contributed by atoms with Crippen molar-refractivity contribution in [2.24, 2.45) is 5.84 Å². The number of hydrogen-bond acceptors (Lipinski definition) is 3. The van der Waals surface area contributed by atoms with Crippen LogP contribution in [0, 0.1) is 6.92 Å². The minimum Gasteiger partial charge on any atom is -0.478 e. The highest BCUT2D eigenvalue weighted by molar-refractivity contribution is 5.95. The van der Waals surface area contributed by atoms with Crippen LogP contribution >= 0.6 is 0 Å². The van der Waals surface area contributed by atoms with Gasteiger partial charge in [-0.3, -0.25) is 0 Å². The molecule has 0 saturated heterocycles. The summed E-state index contributed by atoms with van der Waals surface area (Å²) >= 11 is 0. The first kappa shape index (κ1) is 15.1. The molecule has 0 saturated carbocycles. The van der Waals surface area contributed by atoms with Gasteiger partial charge in [0.25, 0.3) is 0 Å². The van der Waals surface area contributed by atoms with Gasteiger partial charge >= 0.3 is 5.97 Å². The molecule has 4 heteroatoms. The Morgan fingerprint density at radius 2 is 1.74 bits per heavy atom. The number of aromatic carboxylic acids is 1. The van der Waals surface area contributed by atoms with E-state index in [1.165, 1.54) is 0 Å². The molecule has 23 heavy (non-hydrogen) atoms. The van der Waals surface area contributed by atoms with Crippen molar-refractivity contribution >= 4 is 22.4 Å². The fourth-order valence-corrected chi connectivity index (χ4v) is 2.77. The van der Waals surface area contributed by atoms with E-state index >= 15 is 0 Å². The van der Waals surface area contributed by atoms with E-state index in [2.05, 4.69) is 24.3 Å². The number of carboxylic acid groups (broad SMARTS) is 1. The van der Waals surface area contributed by atoms with Crippen molar-refractivity contribution < 1.29 is 9.90 Å². The lowest BCUT2D eigenvalue weighted by molar-refractivity contribution is 0.0697. The quantitative estimate of drug-likeness (QED) is 0.569. The van der Waals surface area contributed by atoms with Crippen molar-refractivity contribution in [1.82, 2.24) is 0 Å². The fraction of sp³-hybridized carbons (Fsp3) is 0.105. The number of aryl methyl sites for hydroxylation is 1. The zero-order chi connectivity index (χ0) is 16.4. The first-order valence-corrected chi connectivity index (χ1v) is 7.39. The maximum atomic E-state index is 10.9. The number of hydrogen-bond donors (Lipinski definition) is 2. The Morgan fingerprint density at radius 1 is 1.04 bits per heavy atom. The maximum absolute atomic E-state index is 10.9. The van der Waals surface area contributed by atoms with Crippen molar-refractivity contribution in [1.29, 1.82) is 0 Å².